The average molecular weight is 304 g/mol. The molecule has 0 fully saturated rings. The lowest BCUT2D eigenvalue weighted by Crippen LogP contribution is -1.88. The number of phenols is 2. The Kier molecular flexibility index (Phi) is 10.3. The zero-order valence-corrected chi connectivity index (χ0v) is 14.1. The van der Waals surface area contributed by atoms with Crippen LogP contribution in [-0.4, -0.2) is 10.2 Å². The summed E-state index contributed by atoms with van der Waals surface area (Å²) in [6.07, 6.45) is 17.8. The largest absolute Gasteiger partial charge is 0.508 e. The summed E-state index contributed by atoms with van der Waals surface area (Å²) < 4.78 is 0. The van der Waals surface area contributed by atoms with E-state index in [0.717, 1.165) is 12.8 Å². The highest BCUT2D eigenvalue weighted by Crippen LogP contribution is 2.28. The molecule has 0 aliphatic heterocycles. The SMILES string of the molecule is CCCC=CCCCCCCCCCc1c(O)cccc1O. The van der Waals surface area contributed by atoms with Gasteiger partial charge in [-0.1, -0.05) is 63.7 Å². The Morgan fingerprint density at radius 3 is 1.95 bits per heavy atom. The molecule has 0 aliphatic carbocycles. The van der Waals surface area contributed by atoms with Crippen LogP contribution >= 0.6 is 0 Å². The van der Waals surface area contributed by atoms with Gasteiger partial charge in [-0.3, -0.25) is 0 Å². The van der Waals surface area contributed by atoms with Crippen LogP contribution in [0.2, 0.25) is 0 Å². The van der Waals surface area contributed by atoms with E-state index in [1.807, 2.05) is 0 Å². The normalized spacial score (nSPS) is 11.3. The van der Waals surface area contributed by atoms with Crippen molar-refractivity contribution in [3.8, 4) is 11.5 Å². The van der Waals surface area contributed by atoms with E-state index in [1.165, 1.54) is 57.8 Å². The van der Waals surface area contributed by atoms with Crippen LogP contribution in [0.25, 0.3) is 0 Å². The van der Waals surface area contributed by atoms with Crippen LogP contribution in [0, 0.1) is 0 Å². The second kappa shape index (κ2) is 12.1. The van der Waals surface area contributed by atoms with Gasteiger partial charge in [0, 0.05) is 5.56 Å². The number of allylic oxidation sites excluding steroid dienone is 2. The molecule has 2 heteroatoms. The topological polar surface area (TPSA) is 40.5 Å². The van der Waals surface area contributed by atoms with Crippen molar-refractivity contribution in [2.75, 3.05) is 0 Å². The third-order valence-electron chi connectivity index (χ3n) is 4.05. The molecule has 0 saturated carbocycles. The van der Waals surface area contributed by atoms with E-state index >= 15 is 0 Å². The summed E-state index contributed by atoms with van der Waals surface area (Å²) in [4.78, 5) is 0. The molecule has 1 aromatic rings. The Balaban J connectivity index is 1.96. The van der Waals surface area contributed by atoms with E-state index in [1.54, 1.807) is 18.2 Å². The minimum absolute atomic E-state index is 0.219. The molecule has 22 heavy (non-hydrogen) atoms. The van der Waals surface area contributed by atoms with Gasteiger partial charge in [-0.15, -0.1) is 0 Å². The zero-order valence-electron chi connectivity index (χ0n) is 14.1. The first-order valence-corrected chi connectivity index (χ1v) is 8.90. The number of hydrogen-bond acceptors (Lipinski definition) is 2. The Bertz CT molecular complexity index is 403. The second-order valence-corrected chi connectivity index (χ2v) is 6.05. The monoisotopic (exact) mass is 304 g/mol. The molecule has 0 aromatic heterocycles. The van der Waals surface area contributed by atoms with E-state index in [4.69, 9.17) is 0 Å². The minimum atomic E-state index is 0.219. The lowest BCUT2D eigenvalue weighted by Gasteiger charge is -2.06. The summed E-state index contributed by atoms with van der Waals surface area (Å²) in [7, 11) is 0. The van der Waals surface area contributed by atoms with Gasteiger partial charge in [0.25, 0.3) is 0 Å². The molecule has 0 amide bonds. The van der Waals surface area contributed by atoms with Gasteiger partial charge in [0.1, 0.15) is 11.5 Å². The van der Waals surface area contributed by atoms with E-state index < -0.39 is 0 Å². The fourth-order valence-electron chi connectivity index (χ4n) is 2.67. The quantitative estimate of drug-likeness (QED) is 0.361. The van der Waals surface area contributed by atoms with E-state index in [9.17, 15) is 10.2 Å². The standard InChI is InChI=1S/C20H32O2/c1-2-3-4-5-6-7-8-9-10-11-12-13-15-18-19(21)16-14-17-20(18)22/h4-5,14,16-17,21-22H,2-3,6-13,15H2,1H3. The average Bonchev–Trinajstić information content (AvgIpc) is 2.51. The molecule has 1 rings (SSSR count). The van der Waals surface area contributed by atoms with E-state index in [-0.39, 0.29) is 11.5 Å². The summed E-state index contributed by atoms with van der Waals surface area (Å²) >= 11 is 0. The highest BCUT2D eigenvalue weighted by Gasteiger charge is 2.05. The van der Waals surface area contributed by atoms with Gasteiger partial charge >= 0.3 is 0 Å². The maximum absolute atomic E-state index is 9.70. The molecule has 0 atom stereocenters. The van der Waals surface area contributed by atoms with Crippen molar-refractivity contribution in [3.63, 3.8) is 0 Å². The van der Waals surface area contributed by atoms with Crippen molar-refractivity contribution < 1.29 is 10.2 Å². The van der Waals surface area contributed by atoms with Crippen molar-refractivity contribution in [2.45, 2.75) is 77.6 Å². The van der Waals surface area contributed by atoms with Crippen LogP contribution < -0.4 is 0 Å². The molecule has 0 radical (unpaired) electrons. The van der Waals surface area contributed by atoms with Gasteiger partial charge in [0.2, 0.25) is 0 Å². The fourth-order valence-corrected chi connectivity index (χ4v) is 2.67. The zero-order chi connectivity index (χ0) is 16.0. The Hall–Kier alpha value is -1.44. The van der Waals surface area contributed by atoms with Crippen LogP contribution in [-0.2, 0) is 6.42 Å². The molecule has 0 heterocycles. The van der Waals surface area contributed by atoms with Crippen molar-refractivity contribution in [3.05, 3.63) is 35.9 Å². The maximum atomic E-state index is 9.70. The third-order valence-corrected chi connectivity index (χ3v) is 4.05. The van der Waals surface area contributed by atoms with Crippen LogP contribution in [0.1, 0.15) is 76.7 Å². The van der Waals surface area contributed by atoms with Crippen molar-refractivity contribution >= 4 is 0 Å². The van der Waals surface area contributed by atoms with Crippen molar-refractivity contribution in [2.24, 2.45) is 0 Å². The van der Waals surface area contributed by atoms with Crippen molar-refractivity contribution in [1.82, 2.24) is 0 Å². The summed E-state index contributed by atoms with van der Waals surface area (Å²) in [5.74, 6) is 0.437. The molecular formula is C20H32O2. The Morgan fingerprint density at radius 2 is 1.32 bits per heavy atom. The van der Waals surface area contributed by atoms with E-state index in [0.29, 0.717) is 5.56 Å². The smallest absolute Gasteiger partial charge is 0.122 e. The summed E-state index contributed by atoms with van der Waals surface area (Å²) in [5, 5.41) is 19.4. The molecule has 124 valence electrons. The first-order valence-electron chi connectivity index (χ1n) is 8.90. The highest BCUT2D eigenvalue weighted by molar-refractivity contribution is 5.42. The molecular weight excluding hydrogens is 272 g/mol. The predicted molar refractivity (Wildman–Crippen MR) is 94.5 cm³/mol. The second-order valence-electron chi connectivity index (χ2n) is 6.05. The van der Waals surface area contributed by atoms with Crippen LogP contribution in [0.4, 0.5) is 0 Å². The molecule has 2 N–H and O–H groups in total. The number of rotatable bonds is 12. The number of aromatic hydroxyl groups is 2. The molecule has 0 spiro atoms. The number of benzene rings is 1. The predicted octanol–water partition coefficient (Wildman–Crippen LogP) is 6.12. The van der Waals surface area contributed by atoms with Gasteiger partial charge < -0.3 is 10.2 Å². The molecule has 1 aromatic carbocycles. The Labute approximate surface area is 135 Å². The fraction of sp³-hybridized carbons (Fsp3) is 0.600. The number of hydrogen-bond donors (Lipinski definition) is 2. The lowest BCUT2D eigenvalue weighted by molar-refractivity contribution is 0.435. The third kappa shape index (κ3) is 8.11. The summed E-state index contributed by atoms with van der Waals surface area (Å²) in [6, 6.07) is 4.96. The highest BCUT2D eigenvalue weighted by atomic mass is 16.3. The van der Waals surface area contributed by atoms with Gasteiger partial charge in [0.05, 0.1) is 0 Å². The van der Waals surface area contributed by atoms with Gasteiger partial charge in [0.15, 0.2) is 0 Å². The number of phenolic OH excluding ortho intramolecular Hbond substituents is 2. The summed E-state index contributed by atoms with van der Waals surface area (Å²) in [5.41, 5.74) is 0.696. The first kappa shape index (κ1) is 18.6. The molecule has 2 nitrogen and oxygen atoms in total. The lowest BCUT2D eigenvalue weighted by atomic mass is 10.0. The van der Waals surface area contributed by atoms with Crippen LogP contribution in [0.5, 0.6) is 11.5 Å². The molecule has 0 unspecified atom stereocenters. The van der Waals surface area contributed by atoms with Crippen molar-refractivity contribution in [1.29, 1.82) is 0 Å². The molecule has 0 bridgehead atoms. The first-order chi connectivity index (χ1) is 10.8. The van der Waals surface area contributed by atoms with Gasteiger partial charge in [-0.2, -0.15) is 0 Å². The molecule has 0 saturated heterocycles. The van der Waals surface area contributed by atoms with Crippen LogP contribution in [0.3, 0.4) is 0 Å². The maximum Gasteiger partial charge on any atom is 0.122 e. The Morgan fingerprint density at radius 1 is 0.773 bits per heavy atom. The van der Waals surface area contributed by atoms with Gasteiger partial charge in [-0.05, 0) is 44.2 Å². The summed E-state index contributed by atoms with van der Waals surface area (Å²) in [6.45, 7) is 2.21. The minimum Gasteiger partial charge on any atom is -0.508 e. The van der Waals surface area contributed by atoms with E-state index in [2.05, 4.69) is 19.1 Å². The number of unbranched alkanes of at least 4 members (excludes halogenated alkanes) is 8. The van der Waals surface area contributed by atoms with Crippen LogP contribution in [0.15, 0.2) is 30.4 Å². The van der Waals surface area contributed by atoms with Gasteiger partial charge in [-0.25, -0.2) is 0 Å². The molecule has 0 aliphatic rings.